The van der Waals surface area contributed by atoms with Crippen LogP contribution in [0.2, 0.25) is 0 Å². The molecule has 1 amide bonds. The number of nitro benzene ring substituents is 1. The van der Waals surface area contributed by atoms with E-state index in [-0.39, 0.29) is 24.1 Å². The summed E-state index contributed by atoms with van der Waals surface area (Å²) in [6, 6.07) is 12.4. The van der Waals surface area contributed by atoms with Gasteiger partial charge in [0.05, 0.1) is 17.0 Å². The summed E-state index contributed by atoms with van der Waals surface area (Å²) in [5.41, 5.74) is 0.608. The van der Waals surface area contributed by atoms with Crippen LogP contribution in [-0.2, 0) is 4.79 Å². The molecule has 7 heteroatoms. The standard InChI is InChI=1S/C19H21FN2O4/c1-13(2)10-17(14-6-4-3-5-7-14)21-19(23)12-26-18-9-8-15(22(24)25)11-16(18)20/h3-9,11,13,17H,10,12H2,1-2H3,(H,21,23). The Bertz CT molecular complexity index is 765. The summed E-state index contributed by atoms with van der Waals surface area (Å²) in [6.45, 7) is 3.74. The van der Waals surface area contributed by atoms with Gasteiger partial charge in [0.25, 0.3) is 11.6 Å². The number of carbonyl (C=O) groups excluding carboxylic acids is 1. The van der Waals surface area contributed by atoms with E-state index in [9.17, 15) is 19.3 Å². The molecule has 0 aliphatic rings. The van der Waals surface area contributed by atoms with Crippen molar-refractivity contribution in [1.82, 2.24) is 5.32 Å². The van der Waals surface area contributed by atoms with Gasteiger partial charge < -0.3 is 10.1 Å². The van der Waals surface area contributed by atoms with Gasteiger partial charge in [0.2, 0.25) is 0 Å². The van der Waals surface area contributed by atoms with Gasteiger partial charge in [-0.25, -0.2) is 4.39 Å². The minimum atomic E-state index is -0.881. The number of nitrogens with one attached hydrogen (secondary N) is 1. The molecule has 0 bridgehead atoms. The van der Waals surface area contributed by atoms with E-state index in [2.05, 4.69) is 19.2 Å². The normalized spacial score (nSPS) is 11.8. The van der Waals surface area contributed by atoms with Crippen LogP contribution in [0.4, 0.5) is 10.1 Å². The van der Waals surface area contributed by atoms with Crippen LogP contribution in [0.15, 0.2) is 48.5 Å². The number of ether oxygens (including phenoxy) is 1. The second kappa shape index (κ2) is 8.94. The second-order valence-corrected chi connectivity index (χ2v) is 6.32. The van der Waals surface area contributed by atoms with Crippen molar-refractivity contribution in [1.29, 1.82) is 0 Å². The van der Waals surface area contributed by atoms with E-state index >= 15 is 0 Å². The molecule has 0 heterocycles. The van der Waals surface area contributed by atoms with Crippen molar-refractivity contribution in [2.75, 3.05) is 6.61 Å². The molecule has 0 aromatic heterocycles. The fraction of sp³-hybridized carbons (Fsp3) is 0.316. The Labute approximate surface area is 151 Å². The van der Waals surface area contributed by atoms with Crippen LogP contribution in [0.3, 0.4) is 0 Å². The molecule has 1 N–H and O–H groups in total. The molecule has 2 rings (SSSR count). The molecule has 0 fully saturated rings. The predicted octanol–water partition coefficient (Wildman–Crippen LogP) is 4.02. The third-order valence-corrected chi connectivity index (χ3v) is 3.73. The molecule has 26 heavy (non-hydrogen) atoms. The van der Waals surface area contributed by atoms with Crippen molar-refractivity contribution in [3.63, 3.8) is 0 Å². The van der Waals surface area contributed by atoms with Crippen LogP contribution in [-0.4, -0.2) is 17.4 Å². The van der Waals surface area contributed by atoms with Crippen molar-refractivity contribution >= 4 is 11.6 Å². The van der Waals surface area contributed by atoms with E-state index in [0.29, 0.717) is 5.92 Å². The van der Waals surface area contributed by atoms with Crippen LogP contribution in [0, 0.1) is 21.8 Å². The van der Waals surface area contributed by atoms with Gasteiger partial charge in [-0.2, -0.15) is 0 Å². The van der Waals surface area contributed by atoms with Crippen LogP contribution in [0.5, 0.6) is 5.75 Å². The molecule has 2 aromatic rings. The van der Waals surface area contributed by atoms with Crippen LogP contribution < -0.4 is 10.1 Å². The number of carbonyl (C=O) groups is 1. The van der Waals surface area contributed by atoms with E-state index in [4.69, 9.17) is 4.74 Å². The smallest absolute Gasteiger partial charge is 0.272 e. The van der Waals surface area contributed by atoms with Gasteiger partial charge in [0.15, 0.2) is 18.2 Å². The van der Waals surface area contributed by atoms with Crippen LogP contribution in [0.1, 0.15) is 31.9 Å². The molecule has 2 aromatic carbocycles. The molecule has 0 spiro atoms. The Morgan fingerprint density at radius 3 is 2.50 bits per heavy atom. The largest absolute Gasteiger partial charge is 0.481 e. The molecule has 0 radical (unpaired) electrons. The van der Waals surface area contributed by atoms with Gasteiger partial charge in [-0.05, 0) is 24.0 Å². The highest BCUT2D eigenvalue weighted by molar-refractivity contribution is 5.78. The lowest BCUT2D eigenvalue weighted by molar-refractivity contribution is -0.385. The topological polar surface area (TPSA) is 81.5 Å². The molecule has 0 saturated carbocycles. The van der Waals surface area contributed by atoms with E-state index in [0.717, 1.165) is 30.2 Å². The first-order chi connectivity index (χ1) is 12.4. The maximum atomic E-state index is 13.8. The van der Waals surface area contributed by atoms with Crippen molar-refractivity contribution in [3.05, 3.63) is 70.0 Å². The van der Waals surface area contributed by atoms with Crippen molar-refractivity contribution < 1.29 is 18.8 Å². The van der Waals surface area contributed by atoms with Crippen LogP contribution in [0.25, 0.3) is 0 Å². The Balaban J connectivity index is 1.99. The zero-order valence-electron chi connectivity index (χ0n) is 14.6. The zero-order chi connectivity index (χ0) is 19.1. The van der Waals surface area contributed by atoms with E-state index < -0.39 is 16.6 Å². The molecule has 0 aliphatic carbocycles. The Kier molecular flexibility index (Phi) is 6.66. The summed E-state index contributed by atoms with van der Waals surface area (Å²) >= 11 is 0. The number of non-ortho nitro benzene ring substituents is 1. The lowest BCUT2D eigenvalue weighted by Crippen LogP contribution is -2.33. The third kappa shape index (κ3) is 5.54. The van der Waals surface area contributed by atoms with E-state index in [1.807, 2.05) is 30.3 Å². The molecule has 1 atom stereocenters. The quantitative estimate of drug-likeness (QED) is 0.569. The fourth-order valence-electron chi connectivity index (χ4n) is 2.53. The third-order valence-electron chi connectivity index (χ3n) is 3.73. The number of nitro groups is 1. The molecular weight excluding hydrogens is 339 g/mol. The highest BCUT2D eigenvalue weighted by Crippen LogP contribution is 2.23. The number of benzene rings is 2. The van der Waals surface area contributed by atoms with Crippen molar-refractivity contribution in [2.24, 2.45) is 5.92 Å². The number of hydrogen-bond donors (Lipinski definition) is 1. The minimum absolute atomic E-state index is 0.172. The Morgan fingerprint density at radius 1 is 1.23 bits per heavy atom. The monoisotopic (exact) mass is 360 g/mol. The summed E-state index contributed by atoms with van der Waals surface area (Å²) < 4.78 is 19.0. The first kappa shape index (κ1) is 19.4. The molecule has 138 valence electrons. The molecule has 0 aliphatic heterocycles. The molecule has 0 saturated heterocycles. The SMILES string of the molecule is CC(C)CC(NC(=O)COc1ccc([N+](=O)[O-])cc1F)c1ccccc1. The molecular formula is C19H21FN2O4. The number of nitrogens with zero attached hydrogens (tertiary/aromatic N) is 1. The molecule has 6 nitrogen and oxygen atoms in total. The highest BCUT2D eigenvalue weighted by Gasteiger charge is 2.17. The molecule has 1 unspecified atom stereocenters. The summed E-state index contributed by atoms with van der Waals surface area (Å²) in [5, 5.41) is 13.5. The zero-order valence-corrected chi connectivity index (χ0v) is 14.6. The lowest BCUT2D eigenvalue weighted by Gasteiger charge is -2.21. The second-order valence-electron chi connectivity index (χ2n) is 6.32. The minimum Gasteiger partial charge on any atom is -0.481 e. The predicted molar refractivity (Wildman–Crippen MR) is 95.3 cm³/mol. The maximum Gasteiger partial charge on any atom is 0.272 e. The number of halogens is 1. The number of amides is 1. The summed E-state index contributed by atoms with van der Waals surface area (Å²) in [7, 11) is 0. The Hall–Kier alpha value is -2.96. The van der Waals surface area contributed by atoms with Gasteiger partial charge >= 0.3 is 0 Å². The average Bonchev–Trinajstić information content (AvgIpc) is 2.60. The summed E-state index contributed by atoms with van der Waals surface area (Å²) in [4.78, 5) is 22.1. The first-order valence-corrected chi connectivity index (χ1v) is 8.28. The Morgan fingerprint density at radius 2 is 1.92 bits per heavy atom. The van der Waals surface area contributed by atoms with Crippen LogP contribution >= 0.6 is 0 Å². The van der Waals surface area contributed by atoms with Crippen molar-refractivity contribution in [3.8, 4) is 5.75 Å². The van der Waals surface area contributed by atoms with Gasteiger partial charge in [-0.1, -0.05) is 44.2 Å². The number of hydrogen-bond acceptors (Lipinski definition) is 4. The average molecular weight is 360 g/mol. The number of rotatable bonds is 8. The first-order valence-electron chi connectivity index (χ1n) is 8.28. The van der Waals surface area contributed by atoms with Gasteiger partial charge in [0.1, 0.15) is 0 Å². The van der Waals surface area contributed by atoms with Gasteiger partial charge in [-0.3, -0.25) is 14.9 Å². The maximum absolute atomic E-state index is 13.8. The van der Waals surface area contributed by atoms with E-state index in [1.54, 1.807) is 0 Å². The lowest BCUT2D eigenvalue weighted by atomic mass is 9.97. The highest BCUT2D eigenvalue weighted by atomic mass is 19.1. The van der Waals surface area contributed by atoms with E-state index in [1.165, 1.54) is 0 Å². The fourth-order valence-corrected chi connectivity index (χ4v) is 2.53. The summed E-state index contributed by atoms with van der Waals surface area (Å²) in [5.74, 6) is -1.11. The van der Waals surface area contributed by atoms with Gasteiger partial charge in [-0.15, -0.1) is 0 Å². The van der Waals surface area contributed by atoms with Crippen molar-refractivity contribution in [2.45, 2.75) is 26.3 Å². The van der Waals surface area contributed by atoms with Gasteiger partial charge in [0, 0.05) is 6.07 Å². The summed E-state index contributed by atoms with van der Waals surface area (Å²) in [6.07, 6.45) is 0.752.